The molecule has 0 saturated carbocycles. The Morgan fingerprint density at radius 2 is 1.84 bits per heavy atom. The van der Waals surface area contributed by atoms with Crippen LogP contribution in [0.2, 0.25) is 0 Å². The summed E-state index contributed by atoms with van der Waals surface area (Å²) < 4.78 is 0. The van der Waals surface area contributed by atoms with Crippen LogP contribution in [0.3, 0.4) is 0 Å². The number of rotatable bonds is 11. The van der Waals surface area contributed by atoms with Gasteiger partial charge in [0, 0.05) is 36.0 Å². The van der Waals surface area contributed by atoms with Gasteiger partial charge < -0.3 is 15.6 Å². The average molecular weight is 455 g/mol. The molecule has 3 aromatic rings. The van der Waals surface area contributed by atoms with Gasteiger partial charge in [-0.2, -0.15) is 11.3 Å². The smallest absolute Gasteiger partial charge is 0.242 e. The number of aromatic amines is 1. The summed E-state index contributed by atoms with van der Waals surface area (Å²) in [6.45, 7) is 10.2. The average Bonchev–Trinajstić information content (AvgIpc) is 3.46. The molecule has 3 N–H and O–H groups in total. The monoisotopic (exact) mass is 454 g/mol. The molecule has 0 spiro atoms. The lowest BCUT2D eigenvalue weighted by Gasteiger charge is -2.30. The molecule has 0 fully saturated rings. The van der Waals surface area contributed by atoms with Crippen LogP contribution < -0.4 is 10.6 Å². The van der Waals surface area contributed by atoms with E-state index in [1.54, 1.807) is 11.3 Å². The number of aromatic nitrogens is 1. The molecule has 2 heterocycles. The highest BCUT2D eigenvalue weighted by Gasteiger charge is 2.26. The molecule has 2 aromatic heterocycles. The lowest BCUT2D eigenvalue weighted by atomic mass is 10.0. The van der Waals surface area contributed by atoms with Crippen LogP contribution in [0, 0.1) is 5.92 Å². The Morgan fingerprint density at radius 3 is 2.50 bits per heavy atom. The summed E-state index contributed by atoms with van der Waals surface area (Å²) in [6.07, 6.45) is 2.36. The lowest BCUT2D eigenvalue weighted by Crippen LogP contribution is -2.50. The molecule has 2 atom stereocenters. The predicted molar refractivity (Wildman–Crippen MR) is 132 cm³/mol. The maximum atomic E-state index is 13.3. The van der Waals surface area contributed by atoms with Crippen LogP contribution >= 0.6 is 11.3 Å². The minimum absolute atomic E-state index is 0.106. The van der Waals surface area contributed by atoms with Crippen LogP contribution in [0.5, 0.6) is 0 Å². The fourth-order valence-corrected chi connectivity index (χ4v) is 4.68. The normalized spacial score (nSPS) is 13.4. The SMILES string of the molecule is CCN(CC)C(CNC(=O)C(Cc1c[nH]c2ccccc12)NC(=O)C(C)C)c1ccsc1. The quantitative estimate of drug-likeness (QED) is 0.408. The maximum absolute atomic E-state index is 13.3. The van der Waals surface area contributed by atoms with E-state index in [1.807, 2.05) is 44.3 Å². The van der Waals surface area contributed by atoms with Crippen LogP contribution in [-0.4, -0.2) is 47.4 Å². The van der Waals surface area contributed by atoms with E-state index in [0.29, 0.717) is 13.0 Å². The van der Waals surface area contributed by atoms with Crippen molar-refractivity contribution >= 4 is 34.1 Å². The number of likely N-dealkylation sites (N-methyl/N-ethyl adjacent to an activating group) is 1. The maximum Gasteiger partial charge on any atom is 0.242 e. The molecular formula is C25H34N4O2S. The van der Waals surface area contributed by atoms with Crippen molar-refractivity contribution in [3.8, 4) is 0 Å². The number of amides is 2. The summed E-state index contributed by atoms with van der Waals surface area (Å²) in [5.74, 6) is -0.470. The van der Waals surface area contributed by atoms with Gasteiger partial charge in [0.1, 0.15) is 6.04 Å². The molecule has 172 valence electrons. The third kappa shape index (κ3) is 5.78. The number of hydrogen-bond acceptors (Lipinski definition) is 4. The van der Waals surface area contributed by atoms with Gasteiger partial charge in [0.25, 0.3) is 0 Å². The zero-order valence-corrected chi connectivity index (χ0v) is 20.2. The van der Waals surface area contributed by atoms with Gasteiger partial charge in [0.2, 0.25) is 11.8 Å². The number of thiophene rings is 1. The number of carbonyl (C=O) groups excluding carboxylic acids is 2. The number of hydrogen-bond donors (Lipinski definition) is 3. The van der Waals surface area contributed by atoms with Crippen LogP contribution in [0.25, 0.3) is 10.9 Å². The highest BCUT2D eigenvalue weighted by Crippen LogP contribution is 2.23. The molecule has 0 aliphatic rings. The van der Waals surface area contributed by atoms with Crippen molar-refractivity contribution in [2.24, 2.45) is 5.92 Å². The van der Waals surface area contributed by atoms with Crippen LogP contribution in [-0.2, 0) is 16.0 Å². The molecule has 3 rings (SSSR count). The number of nitrogens with one attached hydrogen (secondary N) is 3. The summed E-state index contributed by atoms with van der Waals surface area (Å²) in [4.78, 5) is 31.3. The molecule has 2 amide bonds. The fourth-order valence-electron chi connectivity index (χ4n) is 3.98. The Labute approximate surface area is 194 Å². The van der Waals surface area contributed by atoms with Crippen LogP contribution in [0.15, 0.2) is 47.3 Å². The number of carbonyl (C=O) groups is 2. The second-order valence-electron chi connectivity index (χ2n) is 8.32. The Hall–Kier alpha value is -2.64. The first-order valence-electron chi connectivity index (χ1n) is 11.3. The second-order valence-corrected chi connectivity index (χ2v) is 9.10. The largest absolute Gasteiger partial charge is 0.361 e. The van der Waals surface area contributed by atoms with Gasteiger partial charge in [-0.15, -0.1) is 0 Å². The highest BCUT2D eigenvalue weighted by atomic mass is 32.1. The minimum Gasteiger partial charge on any atom is -0.361 e. The minimum atomic E-state index is -0.635. The molecular weight excluding hydrogens is 420 g/mol. The van der Waals surface area contributed by atoms with Crippen molar-refractivity contribution in [1.29, 1.82) is 0 Å². The van der Waals surface area contributed by atoms with Crippen molar-refractivity contribution in [1.82, 2.24) is 20.5 Å². The molecule has 6 nitrogen and oxygen atoms in total. The molecule has 0 radical (unpaired) electrons. The summed E-state index contributed by atoms with van der Waals surface area (Å²) in [5.41, 5.74) is 3.25. The van der Waals surface area contributed by atoms with E-state index in [0.717, 1.165) is 29.6 Å². The second kappa shape index (κ2) is 11.3. The van der Waals surface area contributed by atoms with E-state index in [-0.39, 0.29) is 23.8 Å². The van der Waals surface area contributed by atoms with Gasteiger partial charge in [-0.1, -0.05) is 45.9 Å². The third-order valence-electron chi connectivity index (χ3n) is 5.91. The van der Waals surface area contributed by atoms with E-state index in [2.05, 4.69) is 51.2 Å². The first-order valence-corrected chi connectivity index (χ1v) is 12.3. The molecule has 0 aliphatic heterocycles. The van der Waals surface area contributed by atoms with Gasteiger partial charge >= 0.3 is 0 Å². The van der Waals surface area contributed by atoms with Crippen molar-refractivity contribution in [3.05, 3.63) is 58.4 Å². The molecule has 0 bridgehead atoms. The van der Waals surface area contributed by atoms with E-state index in [4.69, 9.17) is 0 Å². The Balaban J connectivity index is 1.77. The Morgan fingerprint density at radius 1 is 1.09 bits per heavy atom. The Kier molecular flexibility index (Phi) is 8.47. The molecule has 1 aromatic carbocycles. The van der Waals surface area contributed by atoms with E-state index in [9.17, 15) is 9.59 Å². The first-order chi connectivity index (χ1) is 15.4. The highest BCUT2D eigenvalue weighted by molar-refractivity contribution is 7.08. The standard InChI is InChI=1S/C25H34N4O2S/c1-5-29(6-2)23(18-11-12-32-16-18)15-27-25(31)22(28-24(30)17(3)4)13-19-14-26-21-10-8-7-9-20(19)21/h7-12,14,16-17,22-23,26H,5-6,13,15H2,1-4H3,(H,27,31)(H,28,30). The topological polar surface area (TPSA) is 77.2 Å². The van der Waals surface area contributed by atoms with Crippen LogP contribution in [0.1, 0.15) is 44.9 Å². The summed E-state index contributed by atoms with van der Waals surface area (Å²) >= 11 is 1.66. The van der Waals surface area contributed by atoms with Crippen molar-refractivity contribution < 1.29 is 9.59 Å². The number of benzene rings is 1. The first kappa shape index (κ1) is 24.0. The van der Waals surface area contributed by atoms with Crippen molar-refractivity contribution in [3.63, 3.8) is 0 Å². The van der Waals surface area contributed by atoms with Crippen LogP contribution in [0.4, 0.5) is 0 Å². The van der Waals surface area contributed by atoms with Crippen molar-refractivity contribution in [2.75, 3.05) is 19.6 Å². The van der Waals surface area contributed by atoms with Gasteiger partial charge in [-0.05, 0) is 47.1 Å². The molecule has 2 unspecified atom stereocenters. The zero-order valence-electron chi connectivity index (χ0n) is 19.4. The number of nitrogens with zero attached hydrogens (tertiary/aromatic N) is 1. The zero-order chi connectivity index (χ0) is 23.1. The van der Waals surface area contributed by atoms with E-state index >= 15 is 0 Å². The number of para-hydroxylation sites is 1. The van der Waals surface area contributed by atoms with Gasteiger partial charge in [0.15, 0.2) is 0 Å². The summed E-state index contributed by atoms with van der Waals surface area (Å²) in [5, 5.41) is 11.4. The van der Waals surface area contributed by atoms with Gasteiger partial charge in [-0.25, -0.2) is 0 Å². The molecule has 32 heavy (non-hydrogen) atoms. The summed E-state index contributed by atoms with van der Waals surface area (Å²) in [7, 11) is 0. The molecule has 0 aliphatic carbocycles. The van der Waals surface area contributed by atoms with E-state index in [1.165, 1.54) is 5.56 Å². The van der Waals surface area contributed by atoms with E-state index < -0.39 is 6.04 Å². The molecule has 0 saturated heterocycles. The number of fused-ring (bicyclic) bond motifs is 1. The van der Waals surface area contributed by atoms with Gasteiger partial charge in [0.05, 0.1) is 6.04 Å². The molecule has 7 heteroatoms. The Bertz CT molecular complexity index is 1010. The lowest BCUT2D eigenvalue weighted by molar-refractivity contribution is -0.130. The number of H-pyrrole nitrogens is 1. The predicted octanol–water partition coefficient (Wildman–Crippen LogP) is 4.11. The van der Waals surface area contributed by atoms with Gasteiger partial charge in [-0.3, -0.25) is 14.5 Å². The van der Waals surface area contributed by atoms with Crippen molar-refractivity contribution in [2.45, 2.75) is 46.2 Å². The summed E-state index contributed by atoms with van der Waals surface area (Å²) in [6, 6.07) is 9.59. The third-order valence-corrected chi connectivity index (χ3v) is 6.61. The fraction of sp³-hybridized carbons (Fsp3) is 0.440.